The highest BCUT2D eigenvalue weighted by molar-refractivity contribution is 7.91. The van der Waals surface area contributed by atoms with Crippen molar-refractivity contribution in [2.24, 2.45) is 0 Å². The zero-order chi connectivity index (χ0) is 18.6. The summed E-state index contributed by atoms with van der Waals surface area (Å²) in [4.78, 5) is 25.8. The van der Waals surface area contributed by atoms with E-state index in [1.165, 1.54) is 30.1 Å². The number of rotatable bonds is 7. The Morgan fingerprint density at radius 1 is 1.16 bits per heavy atom. The van der Waals surface area contributed by atoms with Gasteiger partial charge in [-0.15, -0.1) is 11.3 Å². The Labute approximate surface area is 151 Å². The molecule has 134 valence electrons. The highest BCUT2D eigenvalue weighted by Gasteiger charge is 2.18. The average molecular weight is 380 g/mol. The number of thiophene rings is 1. The van der Waals surface area contributed by atoms with Gasteiger partial charge < -0.3 is 4.90 Å². The number of anilines is 1. The molecule has 25 heavy (non-hydrogen) atoms. The standard InChI is InChI=1S/C17H20N2O4S2/c1-12-7-8-17(24-12)25(22,23)18-9-10-19(14(3)21)16-6-4-5-15(11-16)13(2)20/h4-8,11,18H,9-10H2,1-3H3. The van der Waals surface area contributed by atoms with Gasteiger partial charge in [0.25, 0.3) is 0 Å². The van der Waals surface area contributed by atoms with E-state index in [1.54, 1.807) is 36.4 Å². The molecular formula is C17H20N2O4S2. The summed E-state index contributed by atoms with van der Waals surface area (Å²) in [6, 6.07) is 10.0. The first-order valence-corrected chi connectivity index (χ1v) is 9.96. The molecule has 1 aromatic heterocycles. The second kappa shape index (κ2) is 7.90. The smallest absolute Gasteiger partial charge is 0.250 e. The highest BCUT2D eigenvalue weighted by atomic mass is 32.2. The summed E-state index contributed by atoms with van der Waals surface area (Å²) < 4.78 is 27.2. The molecule has 0 atom stereocenters. The van der Waals surface area contributed by atoms with Crippen molar-refractivity contribution < 1.29 is 18.0 Å². The molecule has 2 aromatic rings. The summed E-state index contributed by atoms with van der Waals surface area (Å²) in [5.41, 5.74) is 1.06. The number of nitrogens with zero attached hydrogens (tertiary/aromatic N) is 1. The van der Waals surface area contributed by atoms with Crippen LogP contribution in [0.4, 0.5) is 5.69 Å². The second-order valence-corrected chi connectivity index (χ2v) is 8.82. The molecule has 1 N–H and O–H groups in total. The van der Waals surface area contributed by atoms with Gasteiger partial charge in [0.05, 0.1) is 0 Å². The molecule has 0 aliphatic rings. The lowest BCUT2D eigenvalue weighted by Gasteiger charge is -2.21. The average Bonchev–Trinajstić information content (AvgIpc) is 2.98. The summed E-state index contributed by atoms with van der Waals surface area (Å²) >= 11 is 1.19. The van der Waals surface area contributed by atoms with E-state index in [1.807, 2.05) is 6.92 Å². The Bertz CT molecular complexity index is 888. The number of benzene rings is 1. The van der Waals surface area contributed by atoms with Crippen LogP contribution in [0.25, 0.3) is 0 Å². The maximum absolute atomic E-state index is 12.2. The molecule has 0 saturated heterocycles. The number of hydrogen-bond acceptors (Lipinski definition) is 5. The molecule has 1 amide bonds. The molecule has 0 aliphatic heterocycles. The third-order valence-corrected chi connectivity index (χ3v) is 6.51. The molecule has 0 saturated carbocycles. The lowest BCUT2D eigenvalue weighted by molar-refractivity contribution is -0.116. The number of carbonyl (C=O) groups is 2. The third-order valence-electron chi connectivity index (χ3n) is 3.55. The Kier molecular flexibility index (Phi) is 6.10. The molecule has 0 fully saturated rings. The van der Waals surface area contributed by atoms with E-state index < -0.39 is 10.0 Å². The quantitative estimate of drug-likeness (QED) is 0.749. The van der Waals surface area contributed by atoms with Gasteiger partial charge in [0.15, 0.2) is 5.78 Å². The molecular weight excluding hydrogens is 360 g/mol. The lowest BCUT2D eigenvalue weighted by Crippen LogP contribution is -2.37. The fourth-order valence-electron chi connectivity index (χ4n) is 2.28. The topological polar surface area (TPSA) is 83.6 Å². The minimum atomic E-state index is -3.59. The van der Waals surface area contributed by atoms with Crippen LogP contribution in [0.2, 0.25) is 0 Å². The summed E-state index contributed by atoms with van der Waals surface area (Å²) in [6.07, 6.45) is 0. The minimum Gasteiger partial charge on any atom is -0.311 e. The van der Waals surface area contributed by atoms with Crippen LogP contribution in [0.15, 0.2) is 40.6 Å². The van der Waals surface area contributed by atoms with Crippen molar-refractivity contribution in [3.05, 3.63) is 46.8 Å². The van der Waals surface area contributed by atoms with Gasteiger partial charge >= 0.3 is 0 Å². The molecule has 1 heterocycles. The molecule has 1 aromatic carbocycles. The Balaban J connectivity index is 2.09. The van der Waals surface area contributed by atoms with E-state index in [2.05, 4.69) is 4.72 Å². The molecule has 6 nitrogen and oxygen atoms in total. The number of amides is 1. The van der Waals surface area contributed by atoms with Crippen LogP contribution in [0, 0.1) is 6.92 Å². The summed E-state index contributed by atoms with van der Waals surface area (Å²) in [5.74, 6) is -0.328. The van der Waals surface area contributed by atoms with E-state index in [0.29, 0.717) is 11.3 Å². The van der Waals surface area contributed by atoms with Crippen LogP contribution in [0.5, 0.6) is 0 Å². The Hall–Kier alpha value is -2.03. The van der Waals surface area contributed by atoms with Gasteiger partial charge in [-0.2, -0.15) is 0 Å². The molecule has 0 unspecified atom stereocenters. The van der Waals surface area contributed by atoms with Crippen molar-refractivity contribution in [2.45, 2.75) is 25.0 Å². The maximum atomic E-state index is 12.2. The zero-order valence-corrected chi connectivity index (χ0v) is 15.9. The number of sulfonamides is 1. The van der Waals surface area contributed by atoms with E-state index >= 15 is 0 Å². The van der Waals surface area contributed by atoms with Crippen molar-refractivity contribution in [1.82, 2.24) is 4.72 Å². The number of ketones is 1. The van der Waals surface area contributed by atoms with Gasteiger partial charge in [-0.1, -0.05) is 12.1 Å². The third kappa shape index (κ3) is 4.97. The molecule has 8 heteroatoms. The summed E-state index contributed by atoms with van der Waals surface area (Å²) in [6.45, 7) is 4.93. The maximum Gasteiger partial charge on any atom is 0.250 e. The molecule has 0 aliphatic carbocycles. The fourth-order valence-corrected chi connectivity index (χ4v) is 4.63. The molecule has 0 spiro atoms. The number of carbonyl (C=O) groups excluding carboxylic acids is 2. The number of Topliss-reactive ketones (excluding diaryl/α,β-unsaturated/α-hetero) is 1. The SMILES string of the molecule is CC(=O)c1cccc(N(CCNS(=O)(=O)c2ccc(C)s2)C(C)=O)c1. The first-order chi connectivity index (χ1) is 11.7. The minimum absolute atomic E-state index is 0.0726. The van der Waals surface area contributed by atoms with Gasteiger partial charge in [-0.25, -0.2) is 13.1 Å². The van der Waals surface area contributed by atoms with E-state index in [0.717, 1.165) is 4.88 Å². The number of hydrogen-bond donors (Lipinski definition) is 1. The van der Waals surface area contributed by atoms with Crippen molar-refractivity contribution in [3.8, 4) is 0 Å². The van der Waals surface area contributed by atoms with Gasteiger partial charge in [-0.3, -0.25) is 9.59 Å². The van der Waals surface area contributed by atoms with Gasteiger partial charge in [0.1, 0.15) is 4.21 Å². The van der Waals surface area contributed by atoms with Crippen molar-refractivity contribution in [1.29, 1.82) is 0 Å². The monoisotopic (exact) mass is 380 g/mol. The van der Waals surface area contributed by atoms with E-state index in [-0.39, 0.29) is 29.0 Å². The predicted molar refractivity (Wildman–Crippen MR) is 98.7 cm³/mol. The van der Waals surface area contributed by atoms with Crippen LogP contribution in [0.1, 0.15) is 29.1 Å². The van der Waals surface area contributed by atoms with Gasteiger partial charge in [-0.05, 0) is 38.1 Å². The summed E-state index contributed by atoms with van der Waals surface area (Å²) in [7, 11) is -3.59. The van der Waals surface area contributed by atoms with Crippen LogP contribution < -0.4 is 9.62 Å². The second-order valence-electron chi connectivity index (χ2n) is 5.54. The van der Waals surface area contributed by atoms with Crippen molar-refractivity contribution in [3.63, 3.8) is 0 Å². The first kappa shape index (κ1) is 19.3. The number of nitrogens with one attached hydrogen (secondary N) is 1. The Morgan fingerprint density at radius 3 is 2.44 bits per heavy atom. The van der Waals surface area contributed by atoms with Crippen LogP contribution in [-0.2, 0) is 14.8 Å². The zero-order valence-electron chi connectivity index (χ0n) is 14.3. The Morgan fingerprint density at radius 2 is 1.88 bits per heavy atom. The molecule has 2 rings (SSSR count). The van der Waals surface area contributed by atoms with E-state index in [9.17, 15) is 18.0 Å². The van der Waals surface area contributed by atoms with Crippen LogP contribution >= 0.6 is 11.3 Å². The normalized spacial score (nSPS) is 11.3. The van der Waals surface area contributed by atoms with E-state index in [4.69, 9.17) is 0 Å². The predicted octanol–water partition coefficient (Wildman–Crippen LogP) is 2.59. The van der Waals surface area contributed by atoms with Crippen LogP contribution in [-0.4, -0.2) is 33.2 Å². The van der Waals surface area contributed by atoms with Gasteiger partial charge in [0, 0.05) is 36.1 Å². The van der Waals surface area contributed by atoms with Crippen LogP contribution in [0.3, 0.4) is 0 Å². The summed E-state index contributed by atoms with van der Waals surface area (Å²) in [5, 5.41) is 0. The first-order valence-electron chi connectivity index (χ1n) is 7.66. The largest absolute Gasteiger partial charge is 0.311 e. The number of aryl methyl sites for hydroxylation is 1. The van der Waals surface area contributed by atoms with Gasteiger partial charge in [0.2, 0.25) is 15.9 Å². The fraction of sp³-hybridized carbons (Fsp3) is 0.294. The lowest BCUT2D eigenvalue weighted by atomic mass is 10.1. The van der Waals surface area contributed by atoms with Crippen molar-refractivity contribution >= 4 is 38.7 Å². The molecule has 0 bridgehead atoms. The molecule has 0 radical (unpaired) electrons. The van der Waals surface area contributed by atoms with Crippen molar-refractivity contribution in [2.75, 3.05) is 18.0 Å². The highest BCUT2D eigenvalue weighted by Crippen LogP contribution is 2.20.